The maximum atomic E-state index is 12.2. The normalized spacial score (nSPS) is 12.6. The molecule has 1 amide bonds. The summed E-state index contributed by atoms with van der Waals surface area (Å²) < 4.78 is 1.05. The van der Waals surface area contributed by atoms with Crippen LogP contribution in [0.4, 0.5) is 0 Å². The van der Waals surface area contributed by atoms with Gasteiger partial charge < -0.3 is 5.32 Å². The Kier molecular flexibility index (Phi) is 6.12. The van der Waals surface area contributed by atoms with Crippen LogP contribution < -0.4 is 5.32 Å². The Hall–Kier alpha value is -0.580. The molecule has 0 radical (unpaired) electrons. The minimum Gasteiger partial charge on any atom is -0.350 e. The number of nitrogens with one attached hydrogen (secondary N) is 1. The molecule has 18 heavy (non-hydrogen) atoms. The van der Waals surface area contributed by atoms with Gasteiger partial charge in [0.2, 0.25) is 0 Å². The second-order valence-electron chi connectivity index (χ2n) is 5.28. The molecule has 100 valence electrons. The van der Waals surface area contributed by atoms with Gasteiger partial charge >= 0.3 is 0 Å². The van der Waals surface area contributed by atoms with E-state index in [1.54, 1.807) is 0 Å². The Morgan fingerprint density at radius 1 is 1.28 bits per heavy atom. The standard InChI is InChI=1S/C15H22INO/c1-10(2)8-9-12(4)17-15(18)13-7-5-6-11(3)14(13)16/h5-7,10,12H,8-9H2,1-4H3,(H,17,18). The minimum atomic E-state index is 0.0411. The first kappa shape index (κ1) is 15.5. The third kappa shape index (κ3) is 4.59. The molecule has 0 fully saturated rings. The number of amides is 1. The Bertz CT molecular complexity index is 415. The van der Waals surface area contributed by atoms with Gasteiger partial charge in [0.05, 0.1) is 5.56 Å². The highest BCUT2D eigenvalue weighted by Gasteiger charge is 2.13. The molecule has 1 aromatic carbocycles. The van der Waals surface area contributed by atoms with Crippen LogP contribution in [0, 0.1) is 16.4 Å². The highest BCUT2D eigenvalue weighted by molar-refractivity contribution is 14.1. The van der Waals surface area contributed by atoms with Crippen molar-refractivity contribution < 1.29 is 4.79 Å². The van der Waals surface area contributed by atoms with Crippen LogP contribution in [0.15, 0.2) is 18.2 Å². The van der Waals surface area contributed by atoms with Crippen LogP contribution in [0.5, 0.6) is 0 Å². The maximum absolute atomic E-state index is 12.2. The number of carbonyl (C=O) groups is 1. The molecule has 1 atom stereocenters. The molecule has 0 saturated heterocycles. The number of aryl methyl sites for hydroxylation is 1. The second-order valence-corrected chi connectivity index (χ2v) is 6.36. The monoisotopic (exact) mass is 359 g/mol. The van der Waals surface area contributed by atoms with E-state index in [0.717, 1.165) is 27.5 Å². The number of hydrogen-bond donors (Lipinski definition) is 1. The fourth-order valence-corrected chi connectivity index (χ4v) is 2.38. The zero-order chi connectivity index (χ0) is 13.7. The largest absolute Gasteiger partial charge is 0.350 e. The molecule has 1 rings (SSSR count). The van der Waals surface area contributed by atoms with E-state index in [1.165, 1.54) is 0 Å². The minimum absolute atomic E-state index is 0.0411. The average molecular weight is 359 g/mol. The van der Waals surface area contributed by atoms with Crippen molar-refractivity contribution in [2.24, 2.45) is 5.92 Å². The topological polar surface area (TPSA) is 29.1 Å². The van der Waals surface area contributed by atoms with E-state index in [1.807, 2.05) is 25.1 Å². The van der Waals surface area contributed by atoms with Gasteiger partial charge in [-0.3, -0.25) is 4.79 Å². The van der Waals surface area contributed by atoms with Crippen LogP contribution >= 0.6 is 22.6 Å². The van der Waals surface area contributed by atoms with E-state index in [-0.39, 0.29) is 11.9 Å². The summed E-state index contributed by atoms with van der Waals surface area (Å²) in [6, 6.07) is 6.08. The Labute approximate surface area is 124 Å². The third-order valence-electron chi connectivity index (χ3n) is 2.99. The Morgan fingerprint density at radius 2 is 1.94 bits per heavy atom. The summed E-state index contributed by atoms with van der Waals surface area (Å²) in [5.41, 5.74) is 1.94. The Morgan fingerprint density at radius 3 is 2.56 bits per heavy atom. The van der Waals surface area contributed by atoms with Gasteiger partial charge in [0.15, 0.2) is 0 Å². The lowest BCUT2D eigenvalue weighted by Gasteiger charge is -2.16. The first-order chi connectivity index (χ1) is 8.41. The molecule has 1 unspecified atom stereocenters. The first-order valence-electron chi connectivity index (χ1n) is 6.47. The molecule has 0 bridgehead atoms. The van der Waals surface area contributed by atoms with Crippen molar-refractivity contribution in [2.75, 3.05) is 0 Å². The van der Waals surface area contributed by atoms with Crippen LogP contribution in [0.1, 0.15) is 49.5 Å². The van der Waals surface area contributed by atoms with Crippen molar-refractivity contribution in [2.45, 2.75) is 46.6 Å². The van der Waals surface area contributed by atoms with E-state index in [9.17, 15) is 4.79 Å². The maximum Gasteiger partial charge on any atom is 0.252 e. The summed E-state index contributed by atoms with van der Waals surface area (Å²) in [5.74, 6) is 0.725. The summed E-state index contributed by atoms with van der Waals surface area (Å²) in [6.07, 6.45) is 2.18. The summed E-state index contributed by atoms with van der Waals surface area (Å²) in [7, 11) is 0. The van der Waals surface area contributed by atoms with Crippen LogP contribution in [0.25, 0.3) is 0 Å². The fraction of sp³-hybridized carbons (Fsp3) is 0.533. The highest BCUT2D eigenvalue weighted by Crippen LogP contribution is 2.17. The Balaban J connectivity index is 2.62. The zero-order valence-electron chi connectivity index (χ0n) is 11.6. The van der Waals surface area contributed by atoms with E-state index in [0.29, 0.717) is 5.92 Å². The molecule has 0 aromatic heterocycles. The SMILES string of the molecule is Cc1cccc(C(=O)NC(C)CCC(C)C)c1I. The van der Waals surface area contributed by atoms with Crippen LogP contribution in [0.3, 0.4) is 0 Å². The van der Waals surface area contributed by atoms with Gasteiger partial charge in [0, 0.05) is 9.61 Å². The molecule has 1 N–H and O–H groups in total. The van der Waals surface area contributed by atoms with E-state index in [4.69, 9.17) is 0 Å². The molecule has 1 aromatic rings. The second kappa shape index (κ2) is 7.12. The molecule has 0 spiro atoms. The smallest absolute Gasteiger partial charge is 0.252 e. The molecule has 0 aliphatic rings. The van der Waals surface area contributed by atoms with E-state index >= 15 is 0 Å². The predicted octanol–water partition coefficient (Wildman–Crippen LogP) is 4.15. The number of benzene rings is 1. The number of rotatable bonds is 5. The quantitative estimate of drug-likeness (QED) is 0.786. The van der Waals surface area contributed by atoms with Crippen LogP contribution in [-0.2, 0) is 0 Å². The third-order valence-corrected chi connectivity index (χ3v) is 4.42. The lowest BCUT2D eigenvalue weighted by molar-refractivity contribution is 0.0936. The average Bonchev–Trinajstić information content (AvgIpc) is 2.30. The van der Waals surface area contributed by atoms with Crippen molar-refractivity contribution >= 4 is 28.5 Å². The van der Waals surface area contributed by atoms with Crippen molar-refractivity contribution in [1.82, 2.24) is 5.32 Å². The van der Waals surface area contributed by atoms with Gasteiger partial charge in [-0.1, -0.05) is 26.0 Å². The van der Waals surface area contributed by atoms with Gasteiger partial charge in [-0.05, 0) is 66.8 Å². The molecule has 0 heterocycles. The van der Waals surface area contributed by atoms with Gasteiger partial charge in [-0.2, -0.15) is 0 Å². The van der Waals surface area contributed by atoms with Crippen LogP contribution in [-0.4, -0.2) is 11.9 Å². The first-order valence-corrected chi connectivity index (χ1v) is 7.55. The lowest BCUT2D eigenvalue weighted by atomic mass is 10.0. The molecule has 2 nitrogen and oxygen atoms in total. The highest BCUT2D eigenvalue weighted by atomic mass is 127. The van der Waals surface area contributed by atoms with E-state index < -0.39 is 0 Å². The van der Waals surface area contributed by atoms with Gasteiger partial charge in [-0.25, -0.2) is 0 Å². The molecule has 0 aliphatic heterocycles. The van der Waals surface area contributed by atoms with Crippen molar-refractivity contribution in [3.05, 3.63) is 32.9 Å². The number of hydrogen-bond acceptors (Lipinski definition) is 1. The number of halogens is 1. The van der Waals surface area contributed by atoms with Crippen molar-refractivity contribution in [3.8, 4) is 0 Å². The van der Waals surface area contributed by atoms with Crippen molar-refractivity contribution in [3.63, 3.8) is 0 Å². The molecular formula is C15H22INO. The zero-order valence-corrected chi connectivity index (χ0v) is 13.7. The predicted molar refractivity (Wildman–Crippen MR) is 84.9 cm³/mol. The van der Waals surface area contributed by atoms with Gasteiger partial charge in [-0.15, -0.1) is 0 Å². The van der Waals surface area contributed by atoms with Gasteiger partial charge in [0.1, 0.15) is 0 Å². The molecule has 3 heteroatoms. The van der Waals surface area contributed by atoms with Crippen molar-refractivity contribution in [1.29, 1.82) is 0 Å². The molecule has 0 saturated carbocycles. The lowest BCUT2D eigenvalue weighted by Crippen LogP contribution is -2.33. The fourth-order valence-electron chi connectivity index (χ4n) is 1.78. The summed E-state index contributed by atoms with van der Waals surface area (Å²) in [5, 5.41) is 3.08. The summed E-state index contributed by atoms with van der Waals surface area (Å²) >= 11 is 2.24. The molecule has 0 aliphatic carbocycles. The summed E-state index contributed by atoms with van der Waals surface area (Å²) in [6.45, 7) is 8.51. The van der Waals surface area contributed by atoms with E-state index in [2.05, 4.69) is 48.7 Å². The van der Waals surface area contributed by atoms with Gasteiger partial charge in [0.25, 0.3) is 5.91 Å². The summed E-state index contributed by atoms with van der Waals surface area (Å²) in [4.78, 5) is 12.2. The number of carbonyl (C=O) groups excluding carboxylic acids is 1. The molecular weight excluding hydrogens is 337 g/mol. The van der Waals surface area contributed by atoms with Crippen LogP contribution in [0.2, 0.25) is 0 Å².